The molecule has 23 heavy (non-hydrogen) atoms. The van der Waals surface area contributed by atoms with Gasteiger partial charge in [-0.3, -0.25) is 0 Å². The van der Waals surface area contributed by atoms with Crippen LogP contribution in [0.2, 0.25) is 5.02 Å². The first kappa shape index (κ1) is 16.0. The van der Waals surface area contributed by atoms with E-state index in [1.54, 1.807) is 6.20 Å². The molecule has 3 heterocycles. The first-order chi connectivity index (χ1) is 11.1. The second-order valence-corrected chi connectivity index (χ2v) is 5.92. The summed E-state index contributed by atoms with van der Waals surface area (Å²) in [6.07, 6.45) is 3.37. The lowest BCUT2D eigenvalue weighted by Gasteiger charge is -2.32. The summed E-state index contributed by atoms with van der Waals surface area (Å²) in [5, 5.41) is 3.26. The quantitative estimate of drug-likeness (QED) is 0.929. The molecule has 0 spiro atoms. The number of hydrogen-bond acceptors (Lipinski definition) is 5. The zero-order valence-corrected chi connectivity index (χ0v) is 13.6. The molecule has 0 amide bonds. The maximum atomic E-state index is 13.7. The van der Waals surface area contributed by atoms with Crippen molar-refractivity contribution in [3.8, 4) is 0 Å². The zero-order valence-electron chi connectivity index (χ0n) is 12.8. The standard InChI is InChI=1S/C16H18ClFN4O/c1-11-10-22(4-5-23-11)15-6-12(2-3-19-15)8-20-16-14(18)7-13(17)9-21-16/h2-3,6-7,9,11H,4-5,8,10H2,1H3,(H,20,21)/t11-/m1/s1. The van der Waals surface area contributed by atoms with Gasteiger partial charge in [-0.05, 0) is 30.7 Å². The Morgan fingerprint density at radius 1 is 1.43 bits per heavy atom. The predicted molar refractivity (Wildman–Crippen MR) is 88.4 cm³/mol. The van der Waals surface area contributed by atoms with Crippen LogP contribution in [0.4, 0.5) is 16.0 Å². The number of pyridine rings is 2. The molecule has 3 rings (SSSR count). The van der Waals surface area contributed by atoms with E-state index in [0.717, 1.165) is 24.5 Å². The molecule has 122 valence electrons. The minimum Gasteiger partial charge on any atom is -0.375 e. The molecule has 1 aliphatic heterocycles. The van der Waals surface area contributed by atoms with Gasteiger partial charge in [0.25, 0.3) is 0 Å². The molecule has 0 aromatic carbocycles. The van der Waals surface area contributed by atoms with E-state index in [1.807, 2.05) is 19.1 Å². The van der Waals surface area contributed by atoms with Crippen LogP contribution in [0.15, 0.2) is 30.6 Å². The topological polar surface area (TPSA) is 50.3 Å². The molecule has 0 radical (unpaired) electrons. The Labute approximate surface area is 139 Å². The Hall–Kier alpha value is -1.92. The minimum atomic E-state index is -0.464. The van der Waals surface area contributed by atoms with Crippen molar-refractivity contribution in [1.29, 1.82) is 0 Å². The fraction of sp³-hybridized carbons (Fsp3) is 0.375. The normalized spacial score (nSPS) is 18.0. The highest BCUT2D eigenvalue weighted by molar-refractivity contribution is 6.30. The highest BCUT2D eigenvalue weighted by atomic mass is 35.5. The predicted octanol–water partition coefficient (Wildman–Crippen LogP) is 3.11. The van der Waals surface area contributed by atoms with E-state index in [0.29, 0.717) is 13.2 Å². The van der Waals surface area contributed by atoms with Crippen molar-refractivity contribution < 1.29 is 9.13 Å². The molecule has 1 atom stereocenters. The smallest absolute Gasteiger partial charge is 0.166 e. The van der Waals surface area contributed by atoms with E-state index in [1.165, 1.54) is 12.3 Å². The van der Waals surface area contributed by atoms with Crippen LogP contribution in [0.1, 0.15) is 12.5 Å². The largest absolute Gasteiger partial charge is 0.375 e. The van der Waals surface area contributed by atoms with Crippen molar-refractivity contribution in [2.24, 2.45) is 0 Å². The maximum absolute atomic E-state index is 13.7. The molecule has 1 saturated heterocycles. The van der Waals surface area contributed by atoms with Gasteiger partial charge in [-0.2, -0.15) is 0 Å². The first-order valence-corrected chi connectivity index (χ1v) is 7.86. The second kappa shape index (κ2) is 7.10. The SMILES string of the molecule is C[C@@H]1CN(c2cc(CNc3ncc(Cl)cc3F)ccn2)CCO1. The number of morpholine rings is 1. The number of rotatable bonds is 4. The van der Waals surface area contributed by atoms with Crippen molar-refractivity contribution >= 4 is 23.2 Å². The summed E-state index contributed by atoms with van der Waals surface area (Å²) in [6, 6.07) is 5.14. The maximum Gasteiger partial charge on any atom is 0.166 e. The van der Waals surface area contributed by atoms with Gasteiger partial charge in [-0.15, -0.1) is 0 Å². The Morgan fingerprint density at radius 3 is 3.09 bits per heavy atom. The van der Waals surface area contributed by atoms with Gasteiger partial charge in [-0.25, -0.2) is 14.4 Å². The van der Waals surface area contributed by atoms with Gasteiger partial charge in [0.05, 0.1) is 17.7 Å². The average molecular weight is 337 g/mol. The lowest BCUT2D eigenvalue weighted by Crippen LogP contribution is -2.41. The molecule has 1 N–H and O–H groups in total. The van der Waals surface area contributed by atoms with Crippen LogP contribution in [0.3, 0.4) is 0 Å². The first-order valence-electron chi connectivity index (χ1n) is 7.48. The van der Waals surface area contributed by atoms with E-state index in [9.17, 15) is 4.39 Å². The third-order valence-electron chi connectivity index (χ3n) is 3.64. The number of halogens is 2. The van der Waals surface area contributed by atoms with Gasteiger partial charge in [0.15, 0.2) is 11.6 Å². The van der Waals surface area contributed by atoms with Crippen LogP contribution in [0, 0.1) is 5.82 Å². The lowest BCUT2D eigenvalue weighted by atomic mass is 10.2. The van der Waals surface area contributed by atoms with Gasteiger partial charge in [-0.1, -0.05) is 11.6 Å². The molecular weight excluding hydrogens is 319 g/mol. The van der Waals surface area contributed by atoms with Crippen molar-refractivity contribution in [2.45, 2.75) is 19.6 Å². The molecule has 1 aliphatic rings. The van der Waals surface area contributed by atoms with Crippen LogP contribution in [0.5, 0.6) is 0 Å². The molecule has 2 aromatic heterocycles. The van der Waals surface area contributed by atoms with E-state index in [4.69, 9.17) is 16.3 Å². The van der Waals surface area contributed by atoms with E-state index in [-0.39, 0.29) is 16.9 Å². The molecule has 7 heteroatoms. The molecule has 5 nitrogen and oxygen atoms in total. The summed E-state index contributed by atoms with van der Waals surface area (Å²) in [5.41, 5.74) is 1.00. The van der Waals surface area contributed by atoms with Crippen LogP contribution in [-0.4, -0.2) is 35.8 Å². The Morgan fingerprint density at radius 2 is 2.30 bits per heavy atom. The Balaban J connectivity index is 1.67. The fourth-order valence-corrected chi connectivity index (χ4v) is 2.65. The third kappa shape index (κ3) is 4.09. The molecule has 0 unspecified atom stereocenters. The number of ether oxygens (including phenoxy) is 1. The molecule has 1 fully saturated rings. The van der Waals surface area contributed by atoms with Crippen molar-refractivity contribution in [3.05, 3.63) is 47.0 Å². The van der Waals surface area contributed by atoms with Gasteiger partial charge < -0.3 is 15.0 Å². The van der Waals surface area contributed by atoms with Crippen molar-refractivity contribution in [1.82, 2.24) is 9.97 Å². The van der Waals surface area contributed by atoms with Gasteiger partial charge in [0.2, 0.25) is 0 Å². The lowest BCUT2D eigenvalue weighted by molar-refractivity contribution is 0.0529. The van der Waals surface area contributed by atoms with Crippen molar-refractivity contribution in [2.75, 3.05) is 29.9 Å². The van der Waals surface area contributed by atoms with Crippen LogP contribution >= 0.6 is 11.6 Å². The fourth-order valence-electron chi connectivity index (χ4n) is 2.50. The highest BCUT2D eigenvalue weighted by Crippen LogP contribution is 2.19. The van der Waals surface area contributed by atoms with E-state index >= 15 is 0 Å². The summed E-state index contributed by atoms with van der Waals surface area (Å²) in [7, 11) is 0. The summed E-state index contributed by atoms with van der Waals surface area (Å²) in [4.78, 5) is 10.6. The molecule has 2 aromatic rings. The van der Waals surface area contributed by atoms with Crippen molar-refractivity contribution in [3.63, 3.8) is 0 Å². The van der Waals surface area contributed by atoms with E-state index < -0.39 is 5.82 Å². The Kier molecular flexibility index (Phi) is 4.93. The zero-order chi connectivity index (χ0) is 16.2. The van der Waals surface area contributed by atoms with Crippen LogP contribution in [0.25, 0.3) is 0 Å². The number of aromatic nitrogens is 2. The monoisotopic (exact) mass is 336 g/mol. The average Bonchev–Trinajstić information content (AvgIpc) is 2.54. The number of nitrogens with one attached hydrogen (secondary N) is 1. The summed E-state index contributed by atoms with van der Waals surface area (Å²) >= 11 is 5.70. The molecular formula is C16H18ClFN4O. The number of nitrogens with zero attached hydrogens (tertiary/aromatic N) is 3. The summed E-state index contributed by atoms with van der Waals surface area (Å²) < 4.78 is 19.3. The number of anilines is 2. The van der Waals surface area contributed by atoms with Gasteiger partial charge in [0.1, 0.15) is 5.82 Å². The van der Waals surface area contributed by atoms with Crippen LogP contribution < -0.4 is 10.2 Å². The highest BCUT2D eigenvalue weighted by Gasteiger charge is 2.18. The van der Waals surface area contributed by atoms with E-state index in [2.05, 4.69) is 20.2 Å². The molecule has 0 bridgehead atoms. The molecule has 0 aliphatic carbocycles. The summed E-state index contributed by atoms with van der Waals surface area (Å²) in [6.45, 7) is 4.84. The van der Waals surface area contributed by atoms with Gasteiger partial charge in [0, 0.05) is 32.0 Å². The minimum absolute atomic E-state index is 0.188. The Bertz CT molecular complexity index is 685. The summed E-state index contributed by atoms with van der Waals surface area (Å²) in [5.74, 6) is 0.630. The van der Waals surface area contributed by atoms with Gasteiger partial charge >= 0.3 is 0 Å². The number of hydrogen-bond donors (Lipinski definition) is 1. The van der Waals surface area contributed by atoms with Crippen LogP contribution in [-0.2, 0) is 11.3 Å². The molecule has 0 saturated carbocycles. The second-order valence-electron chi connectivity index (χ2n) is 5.49. The third-order valence-corrected chi connectivity index (χ3v) is 3.85.